The Morgan fingerprint density at radius 1 is 1.33 bits per heavy atom. The Morgan fingerprint density at radius 3 is 2.53 bits per heavy atom. The fraction of sp³-hybridized carbons (Fsp3) is 0.111. The molecule has 0 saturated heterocycles. The molecule has 0 heterocycles. The average Bonchev–Trinajstić information content (AvgIpc) is 2.16. The summed E-state index contributed by atoms with van der Waals surface area (Å²) in [5, 5.41) is 19.2. The maximum absolute atomic E-state index is 13.0. The third-order valence-electron chi connectivity index (χ3n) is 1.64. The van der Waals surface area contributed by atoms with Crippen molar-refractivity contribution in [3.63, 3.8) is 0 Å². The summed E-state index contributed by atoms with van der Waals surface area (Å²) < 4.78 is 13.0. The number of benzene rings is 1. The van der Waals surface area contributed by atoms with Crippen LogP contribution in [0.4, 0.5) is 10.1 Å². The van der Waals surface area contributed by atoms with Gasteiger partial charge in [-0.15, -0.1) is 0 Å². The molecule has 0 aliphatic heterocycles. The quantitative estimate of drug-likeness (QED) is 0.695. The first-order chi connectivity index (χ1) is 7.00. The van der Waals surface area contributed by atoms with Gasteiger partial charge in [-0.25, -0.2) is 9.18 Å². The van der Waals surface area contributed by atoms with Gasteiger partial charge < -0.3 is 15.5 Å². The van der Waals surface area contributed by atoms with E-state index in [4.69, 9.17) is 10.2 Å². The van der Waals surface area contributed by atoms with E-state index in [1.165, 1.54) is 0 Å². The first-order valence-electron chi connectivity index (χ1n) is 3.99. The van der Waals surface area contributed by atoms with Gasteiger partial charge in [0, 0.05) is 0 Å². The van der Waals surface area contributed by atoms with Crippen molar-refractivity contribution in [1.82, 2.24) is 0 Å². The SMILES string of the molecule is O=C(O)CNc1cc(C(=O)O)ccc1F. The van der Waals surface area contributed by atoms with E-state index in [0.29, 0.717) is 0 Å². The molecule has 0 unspecified atom stereocenters. The van der Waals surface area contributed by atoms with Gasteiger partial charge in [-0.05, 0) is 18.2 Å². The Hall–Kier alpha value is -2.11. The molecule has 0 atom stereocenters. The van der Waals surface area contributed by atoms with Crippen molar-refractivity contribution in [2.75, 3.05) is 11.9 Å². The van der Waals surface area contributed by atoms with Gasteiger partial charge >= 0.3 is 11.9 Å². The van der Waals surface area contributed by atoms with Crippen LogP contribution in [0.1, 0.15) is 10.4 Å². The Bertz CT molecular complexity index is 405. The lowest BCUT2D eigenvalue weighted by molar-refractivity contribution is -0.134. The van der Waals surface area contributed by atoms with E-state index in [1.807, 2.05) is 0 Å². The van der Waals surface area contributed by atoms with Crippen molar-refractivity contribution >= 4 is 17.6 Å². The first kappa shape index (κ1) is 11.0. The Labute approximate surface area is 84.2 Å². The van der Waals surface area contributed by atoms with Crippen LogP contribution in [0.2, 0.25) is 0 Å². The van der Waals surface area contributed by atoms with E-state index >= 15 is 0 Å². The van der Waals surface area contributed by atoms with Crippen LogP contribution in [0.15, 0.2) is 18.2 Å². The van der Waals surface area contributed by atoms with E-state index < -0.39 is 24.3 Å². The summed E-state index contributed by atoms with van der Waals surface area (Å²) in [6.07, 6.45) is 0. The standard InChI is InChI=1S/C9H8FNO4/c10-6-2-1-5(9(14)15)3-7(6)11-4-8(12)13/h1-3,11H,4H2,(H,12,13)(H,14,15). The lowest BCUT2D eigenvalue weighted by Gasteiger charge is -2.05. The van der Waals surface area contributed by atoms with Crippen molar-refractivity contribution in [2.24, 2.45) is 0 Å². The van der Waals surface area contributed by atoms with Crippen LogP contribution in [-0.2, 0) is 4.79 Å². The molecule has 0 saturated carbocycles. The van der Waals surface area contributed by atoms with Gasteiger partial charge in [-0.3, -0.25) is 4.79 Å². The van der Waals surface area contributed by atoms with Gasteiger partial charge in [-0.1, -0.05) is 0 Å². The molecular weight excluding hydrogens is 205 g/mol. The molecular formula is C9H8FNO4. The minimum absolute atomic E-state index is 0.107. The number of carboxylic acids is 2. The van der Waals surface area contributed by atoms with E-state index in [1.54, 1.807) is 0 Å². The number of anilines is 1. The van der Waals surface area contributed by atoms with E-state index in [9.17, 15) is 14.0 Å². The summed E-state index contributed by atoms with van der Waals surface area (Å²) in [6, 6.07) is 3.11. The number of rotatable bonds is 4. The Balaban J connectivity index is 2.90. The number of nitrogens with one attached hydrogen (secondary N) is 1. The topological polar surface area (TPSA) is 86.6 Å². The minimum Gasteiger partial charge on any atom is -0.480 e. The van der Waals surface area contributed by atoms with Crippen molar-refractivity contribution in [3.05, 3.63) is 29.6 Å². The largest absolute Gasteiger partial charge is 0.480 e. The molecule has 0 aliphatic rings. The highest BCUT2D eigenvalue weighted by atomic mass is 19.1. The molecule has 1 rings (SSSR count). The molecule has 0 aromatic heterocycles. The second kappa shape index (κ2) is 4.41. The third-order valence-corrected chi connectivity index (χ3v) is 1.64. The highest BCUT2D eigenvalue weighted by Gasteiger charge is 2.08. The normalized spacial score (nSPS) is 9.67. The van der Waals surface area contributed by atoms with Crippen LogP contribution in [0.3, 0.4) is 0 Å². The zero-order valence-electron chi connectivity index (χ0n) is 7.53. The lowest BCUT2D eigenvalue weighted by Crippen LogP contribution is -2.13. The third kappa shape index (κ3) is 2.94. The summed E-state index contributed by atoms with van der Waals surface area (Å²) >= 11 is 0. The molecule has 15 heavy (non-hydrogen) atoms. The monoisotopic (exact) mass is 213 g/mol. The van der Waals surface area contributed by atoms with Gasteiger partial charge in [0.15, 0.2) is 0 Å². The number of hydrogen-bond acceptors (Lipinski definition) is 3. The van der Waals surface area contributed by atoms with Gasteiger partial charge in [0.05, 0.1) is 11.3 Å². The predicted octanol–water partition coefficient (Wildman–Crippen LogP) is 1.02. The molecule has 0 bridgehead atoms. The van der Waals surface area contributed by atoms with E-state index in [2.05, 4.69) is 5.32 Å². The lowest BCUT2D eigenvalue weighted by atomic mass is 10.2. The molecule has 3 N–H and O–H groups in total. The number of carboxylic acid groups (broad SMARTS) is 2. The molecule has 0 aliphatic carbocycles. The van der Waals surface area contributed by atoms with Crippen molar-refractivity contribution in [1.29, 1.82) is 0 Å². The highest BCUT2D eigenvalue weighted by molar-refractivity contribution is 5.89. The van der Waals surface area contributed by atoms with Gasteiger partial charge in [0.1, 0.15) is 12.4 Å². The molecule has 6 heteroatoms. The van der Waals surface area contributed by atoms with Crippen molar-refractivity contribution in [3.8, 4) is 0 Å². The van der Waals surface area contributed by atoms with Crippen molar-refractivity contribution in [2.45, 2.75) is 0 Å². The molecule has 0 radical (unpaired) electrons. The minimum atomic E-state index is -1.20. The number of aliphatic carboxylic acids is 1. The van der Waals surface area contributed by atoms with Crippen LogP contribution >= 0.6 is 0 Å². The fourth-order valence-corrected chi connectivity index (χ4v) is 0.965. The maximum Gasteiger partial charge on any atom is 0.335 e. The van der Waals surface area contributed by atoms with Crippen LogP contribution in [0, 0.1) is 5.82 Å². The van der Waals surface area contributed by atoms with Crippen LogP contribution < -0.4 is 5.32 Å². The fourth-order valence-electron chi connectivity index (χ4n) is 0.965. The Morgan fingerprint density at radius 2 is 2.00 bits per heavy atom. The van der Waals surface area contributed by atoms with Gasteiger partial charge in [0.25, 0.3) is 0 Å². The second-order valence-electron chi connectivity index (χ2n) is 2.75. The first-order valence-corrected chi connectivity index (χ1v) is 3.99. The van der Waals surface area contributed by atoms with Crippen LogP contribution in [0.25, 0.3) is 0 Å². The number of carbonyl (C=O) groups is 2. The predicted molar refractivity (Wildman–Crippen MR) is 49.5 cm³/mol. The van der Waals surface area contributed by atoms with E-state index in [-0.39, 0.29) is 11.3 Å². The van der Waals surface area contributed by atoms with Crippen LogP contribution in [-0.4, -0.2) is 28.7 Å². The average molecular weight is 213 g/mol. The summed E-state index contributed by atoms with van der Waals surface area (Å²) in [7, 11) is 0. The molecule has 1 aromatic rings. The maximum atomic E-state index is 13.0. The summed E-state index contributed by atoms with van der Waals surface area (Å²) in [4.78, 5) is 20.7. The smallest absolute Gasteiger partial charge is 0.335 e. The molecule has 0 fully saturated rings. The zero-order valence-corrected chi connectivity index (χ0v) is 7.53. The van der Waals surface area contributed by atoms with Crippen molar-refractivity contribution < 1.29 is 24.2 Å². The molecule has 0 amide bonds. The molecule has 1 aromatic carbocycles. The Kier molecular flexibility index (Phi) is 3.22. The molecule has 80 valence electrons. The molecule has 0 spiro atoms. The number of aromatic carboxylic acids is 1. The van der Waals surface area contributed by atoms with Crippen LogP contribution in [0.5, 0.6) is 0 Å². The van der Waals surface area contributed by atoms with Gasteiger partial charge in [0.2, 0.25) is 0 Å². The van der Waals surface area contributed by atoms with E-state index in [0.717, 1.165) is 18.2 Å². The second-order valence-corrected chi connectivity index (χ2v) is 2.75. The summed E-state index contributed by atoms with van der Waals surface area (Å²) in [6.45, 7) is -0.472. The number of halogens is 1. The summed E-state index contributed by atoms with van der Waals surface area (Å²) in [5.74, 6) is -3.05. The summed E-state index contributed by atoms with van der Waals surface area (Å²) in [5.41, 5.74) is -0.249. The highest BCUT2D eigenvalue weighted by Crippen LogP contribution is 2.15. The zero-order chi connectivity index (χ0) is 11.4. The number of hydrogen-bond donors (Lipinski definition) is 3. The van der Waals surface area contributed by atoms with Gasteiger partial charge in [-0.2, -0.15) is 0 Å². The molecule has 5 nitrogen and oxygen atoms in total.